The predicted molar refractivity (Wildman–Crippen MR) is 82.3 cm³/mol. The maximum atomic E-state index is 13.9. The lowest BCUT2D eigenvalue weighted by Crippen LogP contribution is -2.51. The van der Waals surface area contributed by atoms with Crippen LogP contribution in [0.5, 0.6) is 0 Å². The average molecular weight is 303 g/mol. The molecule has 0 unspecified atom stereocenters. The number of pyridine rings is 1. The second-order valence-electron chi connectivity index (χ2n) is 5.44. The van der Waals surface area contributed by atoms with E-state index in [1.165, 1.54) is 22.9 Å². The second-order valence-corrected chi connectivity index (χ2v) is 5.44. The van der Waals surface area contributed by atoms with Gasteiger partial charge in [0.1, 0.15) is 0 Å². The van der Waals surface area contributed by atoms with Crippen LogP contribution >= 0.6 is 0 Å². The van der Waals surface area contributed by atoms with Gasteiger partial charge in [-0.25, -0.2) is 9.37 Å². The summed E-state index contributed by atoms with van der Waals surface area (Å²) in [7, 11) is 1.69. The minimum absolute atomic E-state index is 0.207. The van der Waals surface area contributed by atoms with E-state index < -0.39 is 5.82 Å². The van der Waals surface area contributed by atoms with Gasteiger partial charge >= 0.3 is 0 Å². The molecule has 6 nitrogen and oxygen atoms in total. The summed E-state index contributed by atoms with van der Waals surface area (Å²) in [6.45, 7) is 4.47. The number of rotatable bonds is 2. The molecule has 2 aromatic rings. The molecule has 1 N–H and O–H groups in total. The number of hydrogen-bond donors (Lipinski definition) is 1. The van der Waals surface area contributed by atoms with Gasteiger partial charge in [0.05, 0.1) is 11.9 Å². The van der Waals surface area contributed by atoms with Crippen molar-refractivity contribution in [3.63, 3.8) is 0 Å². The standard InChI is InChI=1S/C15H18FN5O/c1-10-8-18-5-6-21(10)15-19-13(7-14(22)20(15)2)11-3-4-17-9-12(11)16/h3-4,7,9-10,18H,5-6,8H2,1-2H3/t10-/m1/s1. The third kappa shape index (κ3) is 2.59. The first-order chi connectivity index (χ1) is 10.6. The fourth-order valence-corrected chi connectivity index (χ4v) is 2.64. The lowest BCUT2D eigenvalue weighted by atomic mass is 10.2. The van der Waals surface area contributed by atoms with Gasteiger partial charge in [-0.15, -0.1) is 0 Å². The maximum Gasteiger partial charge on any atom is 0.255 e. The SMILES string of the molecule is C[C@@H]1CNCCN1c1nc(-c2ccncc2F)cc(=O)n1C. The molecule has 1 saturated heterocycles. The normalized spacial score (nSPS) is 18.5. The molecule has 1 atom stereocenters. The number of aromatic nitrogens is 3. The highest BCUT2D eigenvalue weighted by molar-refractivity contribution is 5.60. The summed E-state index contributed by atoms with van der Waals surface area (Å²) in [6.07, 6.45) is 2.62. The Morgan fingerprint density at radius 1 is 1.45 bits per heavy atom. The van der Waals surface area contributed by atoms with Gasteiger partial charge in [-0.05, 0) is 13.0 Å². The zero-order chi connectivity index (χ0) is 15.7. The Kier molecular flexibility index (Phi) is 3.89. The van der Waals surface area contributed by atoms with E-state index in [0.29, 0.717) is 11.6 Å². The largest absolute Gasteiger partial charge is 0.337 e. The van der Waals surface area contributed by atoms with Crippen molar-refractivity contribution < 1.29 is 4.39 Å². The summed E-state index contributed by atoms with van der Waals surface area (Å²) in [5.41, 5.74) is 0.419. The molecular formula is C15H18FN5O. The minimum Gasteiger partial charge on any atom is -0.337 e. The third-order valence-corrected chi connectivity index (χ3v) is 3.92. The van der Waals surface area contributed by atoms with E-state index in [4.69, 9.17) is 0 Å². The first-order valence-electron chi connectivity index (χ1n) is 7.23. The third-order valence-electron chi connectivity index (χ3n) is 3.92. The number of nitrogens with one attached hydrogen (secondary N) is 1. The molecule has 0 saturated carbocycles. The van der Waals surface area contributed by atoms with Crippen LogP contribution in [0.1, 0.15) is 6.92 Å². The van der Waals surface area contributed by atoms with Crippen molar-refractivity contribution in [1.29, 1.82) is 0 Å². The van der Waals surface area contributed by atoms with Crippen LogP contribution in [0, 0.1) is 5.82 Å². The Labute approximate surface area is 127 Å². The monoisotopic (exact) mass is 303 g/mol. The lowest BCUT2D eigenvalue weighted by Gasteiger charge is -2.35. The van der Waals surface area contributed by atoms with Crippen LogP contribution in [-0.4, -0.2) is 40.2 Å². The molecule has 0 aliphatic carbocycles. The Morgan fingerprint density at radius 3 is 3.00 bits per heavy atom. The molecule has 22 heavy (non-hydrogen) atoms. The summed E-state index contributed by atoms with van der Waals surface area (Å²) in [4.78, 5) is 22.6. The number of halogens is 1. The Balaban J connectivity index is 2.11. The maximum absolute atomic E-state index is 13.9. The van der Waals surface area contributed by atoms with E-state index in [9.17, 15) is 9.18 Å². The molecule has 2 aromatic heterocycles. The molecule has 7 heteroatoms. The minimum atomic E-state index is -0.484. The molecule has 0 aromatic carbocycles. The van der Waals surface area contributed by atoms with Crippen molar-refractivity contribution in [2.45, 2.75) is 13.0 Å². The van der Waals surface area contributed by atoms with Crippen LogP contribution in [0.25, 0.3) is 11.3 Å². The van der Waals surface area contributed by atoms with E-state index in [2.05, 4.69) is 27.1 Å². The zero-order valence-corrected chi connectivity index (χ0v) is 12.6. The highest BCUT2D eigenvalue weighted by Gasteiger charge is 2.23. The van der Waals surface area contributed by atoms with Gasteiger partial charge in [0.15, 0.2) is 5.82 Å². The van der Waals surface area contributed by atoms with Crippen molar-refractivity contribution in [3.8, 4) is 11.3 Å². The predicted octanol–water partition coefficient (Wildman–Crippen LogP) is 0.779. The molecule has 3 heterocycles. The highest BCUT2D eigenvalue weighted by atomic mass is 19.1. The second kappa shape index (κ2) is 5.84. The van der Waals surface area contributed by atoms with E-state index in [0.717, 1.165) is 25.8 Å². The van der Waals surface area contributed by atoms with Crippen LogP contribution in [-0.2, 0) is 7.05 Å². The Bertz CT molecular complexity index is 745. The zero-order valence-electron chi connectivity index (χ0n) is 12.6. The van der Waals surface area contributed by atoms with Crippen molar-refractivity contribution in [2.75, 3.05) is 24.5 Å². The average Bonchev–Trinajstić information content (AvgIpc) is 2.51. The van der Waals surface area contributed by atoms with Crippen molar-refractivity contribution in [2.24, 2.45) is 7.05 Å². The van der Waals surface area contributed by atoms with Gasteiger partial charge in [-0.3, -0.25) is 14.3 Å². The van der Waals surface area contributed by atoms with Gasteiger partial charge in [0.2, 0.25) is 5.95 Å². The van der Waals surface area contributed by atoms with E-state index >= 15 is 0 Å². The van der Waals surface area contributed by atoms with Crippen molar-refractivity contribution >= 4 is 5.95 Å². The molecule has 0 spiro atoms. The van der Waals surface area contributed by atoms with Crippen LogP contribution in [0.2, 0.25) is 0 Å². The Morgan fingerprint density at radius 2 is 2.27 bits per heavy atom. The van der Waals surface area contributed by atoms with Gasteiger partial charge in [-0.2, -0.15) is 0 Å². The number of nitrogens with zero attached hydrogens (tertiary/aromatic N) is 4. The first-order valence-corrected chi connectivity index (χ1v) is 7.23. The number of anilines is 1. The molecule has 1 aliphatic heterocycles. The van der Waals surface area contributed by atoms with E-state index in [-0.39, 0.29) is 17.2 Å². The topological polar surface area (TPSA) is 63.0 Å². The molecule has 116 valence electrons. The highest BCUT2D eigenvalue weighted by Crippen LogP contribution is 2.22. The van der Waals surface area contributed by atoms with Gasteiger partial charge in [0, 0.05) is 50.6 Å². The van der Waals surface area contributed by atoms with E-state index in [1.54, 1.807) is 7.05 Å². The van der Waals surface area contributed by atoms with E-state index in [1.807, 2.05) is 0 Å². The quantitative estimate of drug-likeness (QED) is 0.888. The number of hydrogen-bond acceptors (Lipinski definition) is 5. The summed E-state index contributed by atoms with van der Waals surface area (Å²) in [6, 6.07) is 3.10. The smallest absolute Gasteiger partial charge is 0.255 e. The van der Waals surface area contributed by atoms with Crippen molar-refractivity contribution in [3.05, 3.63) is 40.7 Å². The summed E-state index contributed by atoms with van der Waals surface area (Å²) >= 11 is 0. The summed E-state index contributed by atoms with van der Waals surface area (Å²) < 4.78 is 15.4. The molecule has 1 fully saturated rings. The molecule has 3 rings (SSSR count). The van der Waals surface area contributed by atoms with Gasteiger partial charge in [0.25, 0.3) is 5.56 Å². The Hall–Kier alpha value is -2.28. The van der Waals surface area contributed by atoms with Gasteiger partial charge in [-0.1, -0.05) is 0 Å². The molecule has 0 bridgehead atoms. The molecule has 1 aliphatic rings. The number of piperazine rings is 1. The van der Waals surface area contributed by atoms with Crippen molar-refractivity contribution in [1.82, 2.24) is 19.9 Å². The van der Waals surface area contributed by atoms with Crippen LogP contribution in [0.3, 0.4) is 0 Å². The van der Waals surface area contributed by atoms with Crippen LogP contribution in [0.15, 0.2) is 29.3 Å². The fourth-order valence-electron chi connectivity index (χ4n) is 2.64. The van der Waals surface area contributed by atoms with Crippen LogP contribution < -0.4 is 15.8 Å². The lowest BCUT2D eigenvalue weighted by molar-refractivity contribution is 0.485. The van der Waals surface area contributed by atoms with Gasteiger partial charge < -0.3 is 10.2 Å². The molecule has 0 amide bonds. The van der Waals surface area contributed by atoms with Crippen LogP contribution in [0.4, 0.5) is 10.3 Å². The summed E-state index contributed by atoms with van der Waals surface area (Å²) in [5, 5.41) is 3.30. The first kappa shape index (κ1) is 14.6. The molecular weight excluding hydrogens is 285 g/mol. The summed E-state index contributed by atoms with van der Waals surface area (Å²) in [5.74, 6) is 0.0790. The fraction of sp³-hybridized carbons (Fsp3) is 0.400. The molecule has 0 radical (unpaired) electrons.